The van der Waals surface area contributed by atoms with Crippen LogP contribution in [0.25, 0.3) is 0 Å². The zero-order valence-electron chi connectivity index (χ0n) is 11.0. The first-order valence-corrected chi connectivity index (χ1v) is 6.70. The van der Waals surface area contributed by atoms with Crippen molar-refractivity contribution < 1.29 is 0 Å². The lowest BCUT2D eigenvalue weighted by Gasteiger charge is -2.27. The summed E-state index contributed by atoms with van der Waals surface area (Å²) in [5.41, 5.74) is 8.88. The van der Waals surface area contributed by atoms with Crippen molar-refractivity contribution >= 4 is 5.69 Å². The molecule has 1 aromatic carbocycles. The SMILES string of the molecule is Cc1ccc(N(C)CC(N)C2CCCC2)cc1. The van der Waals surface area contributed by atoms with Gasteiger partial charge in [-0.2, -0.15) is 0 Å². The fraction of sp³-hybridized carbons (Fsp3) is 0.600. The summed E-state index contributed by atoms with van der Waals surface area (Å²) in [6.45, 7) is 3.09. The van der Waals surface area contributed by atoms with Gasteiger partial charge in [0.25, 0.3) is 0 Å². The van der Waals surface area contributed by atoms with Crippen molar-refractivity contribution in [2.75, 3.05) is 18.5 Å². The number of nitrogens with two attached hydrogens (primary N) is 1. The van der Waals surface area contributed by atoms with Gasteiger partial charge in [-0.3, -0.25) is 0 Å². The predicted octanol–water partition coefficient (Wildman–Crippen LogP) is 2.95. The quantitative estimate of drug-likeness (QED) is 0.865. The number of aryl methyl sites for hydroxylation is 1. The monoisotopic (exact) mass is 232 g/mol. The molecule has 0 heterocycles. The Kier molecular flexibility index (Phi) is 4.06. The molecule has 2 N–H and O–H groups in total. The van der Waals surface area contributed by atoms with Crippen LogP contribution in [-0.2, 0) is 0 Å². The molecule has 17 heavy (non-hydrogen) atoms. The lowest BCUT2D eigenvalue weighted by atomic mass is 9.98. The number of hydrogen-bond acceptors (Lipinski definition) is 2. The largest absolute Gasteiger partial charge is 0.373 e. The Balaban J connectivity index is 1.91. The lowest BCUT2D eigenvalue weighted by molar-refractivity contribution is 0.433. The molecule has 0 bridgehead atoms. The highest BCUT2D eigenvalue weighted by Gasteiger charge is 2.22. The Morgan fingerprint density at radius 3 is 2.41 bits per heavy atom. The number of hydrogen-bond donors (Lipinski definition) is 1. The van der Waals surface area contributed by atoms with Crippen LogP contribution in [0.4, 0.5) is 5.69 Å². The summed E-state index contributed by atoms with van der Waals surface area (Å²) < 4.78 is 0. The van der Waals surface area contributed by atoms with Gasteiger partial charge in [-0.15, -0.1) is 0 Å². The maximum absolute atomic E-state index is 6.31. The van der Waals surface area contributed by atoms with Gasteiger partial charge < -0.3 is 10.6 Å². The normalized spacial score (nSPS) is 18.3. The molecule has 1 aromatic rings. The molecular formula is C15H24N2. The summed E-state index contributed by atoms with van der Waals surface area (Å²) in [5.74, 6) is 0.739. The van der Waals surface area contributed by atoms with Crippen molar-refractivity contribution in [2.45, 2.75) is 38.6 Å². The molecule has 1 aliphatic rings. The number of nitrogens with zero attached hydrogens (tertiary/aromatic N) is 1. The Bertz CT molecular complexity index is 338. The fourth-order valence-electron chi connectivity index (χ4n) is 2.76. The van der Waals surface area contributed by atoms with Crippen LogP contribution in [0.2, 0.25) is 0 Å². The second kappa shape index (κ2) is 5.54. The van der Waals surface area contributed by atoms with Gasteiger partial charge in [0, 0.05) is 25.3 Å². The van der Waals surface area contributed by atoms with Crippen molar-refractivity contribution in [2.24, 2.45) is 11.7 Å². The fourth-order valence-corrected chi connectivity index (χ4v) is 2.76. The molecule has 1 saturated carbocycles. The second-order valence-corrected chi connectivity index (χ2v) is 5.42. The van der Waals surface area contributed by atoms with E-state index in [1.807, 2.05) is 0 Å². The first kappa shape index (κ1) is 12.4. The molecule has 2 heteroatoms. The molecule has 1 atom stereocenters. The average Bonchev–Trinajstić information content (AvgIpc) is 2.83. The van der Waals surface area contributed by atoms with Gasteiger partial charge in [-0.25, -0.2) is 0 Å². The smallest absolute Gasteiger partial charge is 0.0364 e. The number of benzene rings is 1. The van der Waals surface area contributed by atoms with Crippen molar-refractivity contribution in [1.29, 1.82) is 0 Å². The van der Waals surface area contributed by atoms with E-state index in [2.05, 4.69) is 43.1 Å². The highest BCUT2D eigenvalue weighted by molar-refractivity contribution is 5.46. The summed E-state index contributed by atoms with van der Waals surface area (Å²) in [6.07, 6.45) is 5.38. The van der Waals surface area contributed by atoms with E-state index in [4.69, 9.17) is 5.73 Å². The third-order valence-electron chi connectivity index (χ3n) is 3.96. The molecule has 0 saturated heterocycles. The summed E-state index contributed by atoms with van der Waals surface area (Å²) in [4.78, 5) is 2.28. The minimum Gasteiger partial charge on any atom is -0.373 e. The van der Waals surface area contributed by atoms with Gasteiger partial charge in [0.05, 0.1) is 0 Å². The Morgan fingerprint density at radius 1 is 1.24 bits per heavy atom. The Morgan fingerprint density at radius 2 is 1.82 bits per heavy atom. The third kappa shape index (κ3) is 3.22. The van der Waals surface area contributed by atoms with Gasteiger partial charge in [0.2, 0.25) is 0 Å². The third-order valence-corrected chi connectivity index (χ3v) is 3.96. The molecule has 2 rings (SSSR count). The van der Waals surface area contributed by atoms with Crippen molar-refractivity contribution in [3.05, 3.63) is 29.8 Å². The summed E-state index contributed by atoms with van der Waals surface area (Å²) >= 11 is 0. The van der Waals surface area contributed by atoms with Gasteiger partial charge in [0.1, 0.15) is 0 Å². The average molecular weight is 232 g/mol. The number of likely N-dealkylation sites (N-methyl/N-ethyl adjacent to an activating group) is 1. The topological polar surface area (TPSA) is 29.3 Å². The number of rotatable bonds is 4. The minimum atomic E-state index is 0.323. The Labute approximate surface area is 105 Å². The first-order chi connectivity index (χ1) is 8.16. The summed E-state index contributed by atoms with van der Waals surface area (Å²) in [5, 5.41) is 0. The molecule has 1 aliphatic carbocycles. The van der Waals surface area contributed by atoms with Crippen LogP contribution in [-0.4, -0.2) is 19.6 Å². The van der Waals surface area contributed by atoms with E-state index in [9.17, 15) is 0 Å². The van der Waals surface area contributed by atoms with Gasteiger partial charge >= 0.3 is 0 Å². The highest BCUT2D eigenvalue weighted by Crippen LogP contribution is 2.27. The standard InChI is InChI=1S/C15H24N2/c1-12-7-9-14(10-8-12)17(2)11-15(16)13-5-3-4-6-13/h7-10,13,15H,3-6,11,16H2,1-2H3. The van der Waals surface area contributed by atoms with Crippen molar-refractivity contribution in [1.82, 2.24) is 0 Å². The van der Waals surface area contributed by atoms with E-state index in [1.54, 1.807) is 0 Å². The van der Waals surface area contributed by atoms with E-state index >= 15 is 0 Å². The molecular weight excluding hydrogens is 208 g/mol. The molecule has 94 valence electrons. The number of anilines is 1. The molecule has 2 nitrogen and oxygen atoms in total. The van der Waals surface area contributed by atoms with Crippen LogP contribution in [0, 0.1) is 12.8 Å². The maximum Gasteiger partial charge on any atom is 0.0364 e. The molecule has 0 aromatic heterocycles. The molecule has 0 radical (unpaired) electrons. The summed E-state index contributed by atoms with van der Waals surface area (Å²) in [6, 6.07) is 9.00. The van der Waals surface area contributed by atoms with Gasteiger partial charge in [-0.05, 0) is 37.8 Å². The molecule has 0 spiro atoms. The summed E-state index contributed by atoms with van der Waals surface area (Å²) in [7, 11) is 2.14. The van der Waals surface area contributed by atoms with E-state index in [1.165, 1.54) is 36.9 Å². The highest BCUT2D eigenvalue weighted by atomic mass is 15.1. The Hall–Kier alpha value is -1.02. The van der Waals surface area contributed by atoms with Crippen LogP contribution in [0.3, 0.4) is 0 Å². The first-order valence-electron chi connectivity index (χ1n) is 6.70. The van der Waals surface area contributed by atoms with E-state index in [0.29, 0.717) is 6.04 Å². The zero-order chi connectivity index (χ0) is 12.3. The zero-order valence-corrected chi connectivity index (χ0v) is 11.0. The lowest BCUT2D eigenvalue weighted by Crippen LogP contribution is -2.40. The molecule has 0 amide bonds. The maximum atomic E-state index is 6.31. The molecule has 1 fully saturated rings. The van der Waals surface area contributed by atoms with Gasteiger partial charge in [0.15, 0.2) is 0 Å². The van der Waals surface area contributed by atoms with Crippen LogP contribution < -0.4 is 10.6 Å². The van der Waals surface area contributed by atoms with Crippen LogP contribution in [0.1, 0.15) is 31.2 Å². The van der Waals surface area contributed by atoms with Crippen LogP contribution in [0.5, 0.6) is 0 Å². The minimum absolute atomic E-state index is 0.323. The van der Waals surface area contributed by atoms with E-state index < -0.39 is 0 Å². The van der Waals surface area contributed by atoms with Crippen LogP contribution >= 0.6 is 0 Å². The van der Waals surface area contributed by atoms with E-state index in [-0.39, 0.29) is 0 Å². The van der Waals surface area contributed by atoms with Gasteiger partial charge in [-0.1, -0.05) is 30.5 Å². The van der Waals surface area contributed by atoms with E-state index in [0.717, 1.165) is 12.5 Å². The predicted molar refractivity (Wildman–Crippen MR) is 74.4 cm³/mol. The molecule has 1 unspecified atom stereocenters. The molecule has 0 aliphatic heterocycles. The van der Waals surface area contributed by atoms with Crippen molar-refractivity contribution in [3.8, 4) is 0 Å². The van der Waals surface area contributed by atoms with Crippen molar-refractivity contribution in [3.63, 3.8) is 0 Å². The second-order valence-electron chi connectivity index (χ2n) is 5.42. The van der Waals surface area contributed by atoms with Crippen LogP contribution in [0.15, 0.2) is 24.3 Å².